The van der Waals surface area contributed by atoms with Gasteiger partial charge in [0.25, 0.3) is 0 Å². The lowest BCUT2D eigenvalue weighted by molar-refractivity contribution is -0.0546. The number of alkyl halides is 2. The van der Waals surface area contributed by atoms with Crippen molar-refractivity contribution in [2.75, 3.05) is 0 Å². The van der Waals surface area contributed by atoms with Gasteiger partial charge in [-0.2, -0.15) is 8.78 Å². The summed E-state index contributed by atoms with van der Waals surface area (Å²) in [4.78, 5) is 4.60. The van der Waals surface area contributed by atoms with E-state index in [4.69, 9.17) is 0 Å². The van der Waals surface area contributed by atoms with Crippen LogP contribution in [0.25, 0.3) is 22.0 Å². The van der Waals surface area contributed by atoms with E-state index < -0.39 is 29.8 Å². The highest BCUT2D eigenvalue weighted by Gasteiger charge is 2.17. The van der Waals surface area contributed by atoms with Crippen LogP contribution in [-0.2, 0) is 19.3 Å². The summed E-state index contributed by atoms with van der Waals surface area (Å²) in [5.41, 5.74) is 3.51. The zero-order valence-corrected chi connectivity index (χ0v) is 21.3. The normalized spacial score (nSPS) is 11.4. The maximum Gasteiger partial charge on any atom is 0.387 e. The molecule has 0 radical (unpaired) electrons. The number of aromatic nitrogens is 1. The molecule has 0 aliphatic carbocycles. The van der Waals surface area contributed by atoms with Gasteiger partial charge in [0.15, 0.2) is 17.4 Å². The highest BCUT2D eigenvalue weighted by molar-refractivity contribution is 5.88. The average molecular weight is 528 g/mol. The third kappa shape index (κ3) is 6.88. The Hall–Kier alpha value is -3.48. The molecule has 0 bridgehead atoms. The fourth-order valence-corrected chi connectivity index (χ4v) is 4.60. The molecule has 1 aromatic heterocycles. The fraction of sp³-hybridized carbons (Fsp3) is 0.323. The Morgan fingerprint density at radius 1 is 0.763 bits per heavy atom. The average Bonchev–Trinajstić information content (AvgIpc) is 2.90. The first-order valence-corrected chi connectivity index (χ1v) is 12.9. The molecule has 3 aromatic carbocycles. The molecule has 0 saturated heterocycles. The molecule has 0 unspecified atom stereocenters. The lowest BCUT2D eigenvalue weighted by atomic mass is 9.98. The number of unbranched alkanes of at least 4 members (excludes halogenated alkanes) is 4. The number of rotatable bonds is 12. The highest BCUT2D eigenvalue weighted by Crippen LogP contribution is 2.29. The Balaban J connectivity index is 1.43. The van der Waals surface area contributed by atoms with Crippen molar-refractivity contribution >= 4 is 10.8 Å². The van der Waals surface area contributed by atoms with Crippen LogP contribution in [0.3, 0.4) is 0 Å². The fourth-order valence-electron chi connectivity index (χ4n) is 4.60. The summed E-state index contributed by atoms with van der Waals surface area (Å²) in [5.74, 6) is -3.97. The highest BCUT2D eigenvalue weighted by atomic mass is 19.3. The third-order valence-electron chi connectivity index (χ3n) is 6.67. The summed E-state index contributed by atoms with van der Waals surface area (Å²) in [5, 5.41) is 1.16. The van der Waals surface area contributed by atoms with E-state index in [0.29, 0.717) is 10.9 Å². The Morgan fingerprint density at radius 3 is 2.21 bits per heavy atom. The van der Waals surface area contributed by atoms with Crippen LogP contribution in [0.4, 0.5) is 22.0 Å². The molecule has 0 fully saturated rings. The van der Waals surface area contributed by atoms with Gasteiger partial charge in [0.2, 0.25) is 0 Å². The van der Waals surface area contributed by atoms with Crippen LogP contribution in [0.1, 0.15) is 55.7 Å². The molecule has 1 heterocycles. The van der Waals surface area contributed by atoms with E-state index in [9.17, 15) is 17.6 Å². The molecule has 2 nitrogen and oxygen atoms in total. The minimum atomic E-state index is -3.34. The summed E-state index contributed by atoms with van der Waals surface area (Å²) >= 11 is 0. The third-order valence-corrected chi connectivity index (χ3v) is 6.67. The number of halogens is 5. The lowest BCUT2D eigenvalue weighted by Crippen LogP contribution is -2.06. The number of fused-ring (bicyclic) bond motifs is 1. The molecular weight excluding hydrogens is 497 g/mol. The molecule has 0 N–H and O–H groups in total. The molecule has 38 heavy (non-hydrogen) atoms. The van der Waals surface area contributed by atoms with Crippen LogP contribution in [-0.4, -0.2) is 11.6 Å². The first-order valence-electron chi connectivity index (χ1n) is 12.9. The van der Waals surface area contributed by atoms with Crippen LogP contribution >= 0.6 is 0 Å². The van der Waals surface area contributed by atoms with Crippen molar-refractivity contribution in [1.82, 2.24) is 4.98 Å². The zero-order chi connectivity index (χ0) is 27.1. The van der Waals surface area contributed by atoms with Gasteiger partial charge in [-0.3, -0.25) is 4.98 Å². The van der Waals surface area contributed by atoms with Crippen LogP contribution in [0.2, 0.25) is 0 Å². The van der Waals surface area contributed by atoms with Gasteiger partial charge >= 0.3 is 6.61 Å². The van der Waals surface area contributed by atoms with Crippen molar-refractivity contribution in [3.8, 4) is 17.0 Å². The monoisotopic (exact) mass is 527 g/mol. The predicted molar refractivity (Wildman–Crippen MR) is 140 cm³/mol. The zero-order valence-electron chi connectivity index (χ0n) is 21.3. The van der Waals surface area contributed by atoms with Crippen molar-refractivity contribution < 1.29 is 26.7 Å². The molecule has 0 spiro atoms. The van der Waals surface area contributed by atoms with Crippen molar-refractivity contribution in [3.63, 3.8) is 0 Å². The number of hydrogen-bond donors (Lipinski definition) is 0. The van der Waals surface area contributed by atoms with Gasteiger partial charge in [-0.05, 0) is 72.0 Å². The number of pyridine rings is 1. The molecule has 4 aromatic rings. The van der Waals surface area contributed by atoms with Gasteiger partial charge in [-0.1, -0.05) is 62.9 Å². The number of nitrogens with zero attached hydrogens (tertiary/aromatic N) is 1. The molecule has 200 valence electrons. The van der Waals surface area contributed by atoms with E-state index in [1.165, 1.54) is 31.2 Å². The predicted octanol–water partition coefficient (Wildman–Crippen LogP) is 9.22. The van der Waals surface area contributed by atoms with Gasteiger partial charge < -0.3 is 4.74 Å². The van der Waals surface area contributed by atoms with E-state index in [2.05, 4.69) is 22.7 Å². The molecule has 7 heteroatoms. The quantitative estimate of drug-likeness (QED) is 0.135. The number of hydrogen-bond acceptors (Lipinski definition) is 2. The van der Waals surface area contributed by atoms with Gasteiger partial charge in [0, 0.05) is 17.1 Å². The molecule has 0 atom stereocenters. The standard InChI is InChI=1S/C31H30F5NO/c1-2-3-4-5-6-7-20-9-15-28(37-19-20)24-13-14-25-23(18-24)12-11-22(29(25)34)10-8-21-16-26(32)30(27(33)17-21)38-31(35)36/h9,11-19,31H,2-8,10H2,1H3. The largest absolute Gasteiger partial charge is 0.429 e. The maximum atomic E-state index is 15.3. The molecule has 0 amide bonds. The van der Waals surface area contributed by atoms with Gasteiger partial charge in [-0.25, -0.2) is 13.2 Å². The van der Waals surface area contributed by atoms with Crippen molar-refractivity contribution in [2.45, 2.75) is 64.9 Å². The van der Waals surface area contributed by atoms with Crippen LogP contribution in [0.15, 0.2) is 60.8 Å². The van der Waals surface area contributed by atoms with Gasteiger partial charge in [0.05, 0.1) is 5.69 Å². The first kappa shape index (κ1) is 27.6. The number of benzene rings is 3. The topological polar surface area (TPSA) is 22.1 Å². The second-order valence-corrected chi connectivity index (χ2v) is 9.46. The molecular formula is C31H30F5NO. The molecule has 0 saturated carbocycles. The smallest absolute Gasteiger partial charge is 0.387 e. The lowest BCUT2D eigenvalue weighted by Gasteiger charge is -2.11. The van der Waals surface area contributed by atoms with E-state index in [0.717, 1.165) is 41.6 Å². The second kappa shape index (κ2) is 12.9. The number of ether oxygens (including phenoxy) is 1. The second-order valence-electron chi connectivity index (χ2n) is 9.46. The SMILES string of the molecule is CCCCCCCc1ccc(-c2ccc3c(F)c(CCc4cc(F)c(OC(F)F)c(F)c4)ccc3c2)nc1. The van der Waals surface area contributed by atoms with E-state index in [-0.39, 0.29) is 18.4 Å². The van der Waals surface area contributed by atoms with Crippen LogP contribution in [0.5, 0.6) is 5.75 Å². The molecule has 0 aliphatic rings. The van der Waals surface area contributed by atoms with Gasteiger partial charge in [0.1, 0.15) is 5.82 Å². The van der Waals surface area contributed by atoms with Crippen molar-refractivity contribution in [1.29, 1.82) is 0 Å². The Bertz CT molecular complexity index is 1350. The molecule has 0 aliphatic heterocycles. The number of aryl methyl sites for hydroxylation is 3. The Kier molecular flexibility index (Phi) is 9.32. The van der Waals surface area contributed by atoms with Crippen molar-refractivity contribution in [2.24, 2.45) is 0 Å². The van der Waals surface area contributed by atoms with E-state index in [1.807, 2.05) is 30.5 Å². The first-order chi connectivity index (χ1) is 18.4. The van der Waals surface area contributed by atoms with E-state index >= 15 is 4.39 Å². The molecule has 4 rings (SSSR count). The Morgan fingerprint density at radius 2 is 1.53 bits per heavy atom. The summed E-state index contributed by atoms with van der Waals surface area (Å²) in [6, 6.07) is 14.8. The van der Waals surface area contributed by atoms with Crippen molar-refractivity contribution in [3.05, 3.63) is 94.9 Å². The minimum absolute atomic E-state index is 0.123. The summed E-state index contributed by atoms with van der Waals surface area (Å²) < 4.78 is 71.8. The summed E-state index contributed by atoms with van der Waals surface area (Å²) in [6.07, 6.45) is 9.36. The van der Waals surface area contributed by atoms with Gasteiger partial charge in [-0.15, -0.1) is 0 Å². The summed E-state index contributed by atoms with van der Waals surface area (Å²) in [6.45, 7) is -1.13. The maximum absolute atomic E-state index is 15.3. The summed E-state index contributed by atoms with van der Waals surface area (Å²) in [7, 11) is 0. The minimum Gasteiger partial charge on any atom is -0.429 e. The van der Waals surface area contributed by atoms with Crippen LogP contribution < -0.4 is 4.74 Å². The Labute approximate surface area is 219 Å². The van der Waals surface area contributed by atoms with E-state index in [1.54, 1.807) is 12.1 Å². The van der Waals surface area contributed by atoms with Crippen LogP contribution in [0, 0.1) is 17.5 Å².